The van der Waals surface area contributed by atoms with E-state index in [4.69, 9.17) is 0 Å². The Labute approximate surface area is 183 Å². The van der Waals surface area contributed by atoms with Gasteiger partial charge >= 0.3 is 0 Å². The molecule has 0 saturated carbocycles. The lowest BCUT2D eigenvalue weighted by Crippen LogP contribution is -2.36. The van der Waals surface area contributed by atoms with Gasteiger partial charge in [-0.25, -0.2) is 4.98 Å². The zero-order valence-corrected chi connectivity index (χ0v) is 17.8. The van der Waals surface area contributed by atoms with Crippen LogP contribution in [-0.4, -0.2) is 21.8 Å². The lowest BCUT2D eigenvalue weighted by molar-refractivity contribution is -0.123. The van der Waals surface area contributed by atoms with Gasteiger partial charge in [-0.15, -0.1) is 0 Å². The number of hydrogen-bond acceptors (Lipinski definition) is 5. The predicted octanol–water partition coefficient (Wildman–Crippen LogP) is 3.69. The Morgan fingerprint density at radius 2 is 1.84 bits per heavy atom. The van der Waals surface area contributed by atoms with Gasteiger partial charge in [-0.3, -0.25) is 14.4 Å². The second-order valence-electron chi connectivity index (χ2n) is 7.25. The van der Waals surface area contributed by atoms with Gasteiger partial charge in [0.2, 0.25) is 11.8 Å². The summed E-state index contributed by atoms with van der Waals surface area (Å²) in [6.45, 7) is 2.05. The zero-order valence-electron chi connectivity index (χ0n) is 17.0. The van der Waals surface area contributed by atoms with E-state index in [1.165, 1.54) is 11.8 Å². The first kappa shape index (κ1) is 20.9. The second-order valence-corrected chi connectivity index (χ2v) is 8.22. The van der Waals surface area contributed by atoms with Gasteiger partial charge < -0.3 is 15.6 Å². The predicted molar refractivity (Wildman–Crippen MR) is 121 cm³/mol. The minimum atomic E-state index is -0.904. The van der Waals surface area contributed by atoms with Crippen molar-refractivity contribution in [2.75, 3.05) is 10.6 Å². The van der Waals surface area contributed by atoms with E-state index in [2.05, 4.69) is 27.5 Å². The van der Waals surface area contributed by atoms with Gasteiger partial charge in [0, 0.05) is 17.9 Å². The fourth-order valence-corrected chi connectivity index (χ4v) is 4.24. The first-order chi connectivity index (χ1) is 15.0. The number of thioether (sulfide) groups is 1. The lowest BCUT2D eigenvalue weighted by atomic mass is 9.92. The van der Waals surface area contributed by atoms with Crippen LogP contribution in [0.2, 0.25) is 0 Å². The number of anilines is 2. The Morgan fingerprint density at radius 1 is 1.10 bits per heavy atom. The molecule has 2 aromatic carbocycles. The van der Waals surface area contributed by atoms with Gasteiger partial charge in [-0.1, -0.05) is 61.2 Å². The number of rotatable bonds is 6. The third-order valence-corrected chi connectivity index (χ3v) is 6.04. The van der Waals surface area contributed by atoms with Crippen LogP contribution in [0.4, 0.5) is 11.5 Å². The molecule has 8 heteroatoms. The van der Waals surface area contributed by atoms with Crippen molar-refractivity contribution in [3.63, 3.8) is 0 Å². The van der Waals surface area contributed by atoms with E-state index in [1.54, 1.807) is 0 Å². The molecule has 2 heterocycles. The monoisotopic (exact) mass is 434 g/mol. The van der Waals surface area contributed by atoms with E-state index in [0.717, 1.165) is 17.5 Å². The van der Waals surface area contributed by atoms with Crippen molar-refractivity contribution >= 4 is 35.1 Å². The minimum Gasteiger partial charge on any atom is -0.326 e. The molecular formula is C23H22N4O3S. The zero-order chi connectivity index (χ0) is 21.8. The summed E-state index contributed by atoms with van der Waals surface area (Å²) in [6.07, 6.45) is 0.795. The number of fused-ring (bicyclic) bond motifs is 1. The Kier molecular flexibility index (Phi) is 6.18. The lowest BCUT2D eigenvalue weighted by Gasteiger charge is -2.23. The molecule has 0 bridgehead atoms. The number of amides is 2. The molecule has 0 aliphatic carbocycles. The van der Waals surface area contributed by atoms with Crippen molar-refractivity contribution < 1.29 is 9.59 Å². The van der Waals surface area contributed by atoms with Crippen molar-refractivity contribution in [1.29, 1.82) is 0 Å². The van der Waals surface area contributed by atoms with Crippen LogP contribution in [-0.2, 0) is 21.8 Å². The summed E-state index contributed by atoms with van der Waals surface area (Å²) in [5.41, 5.74) is 2.63. The van der Waals surface area contributed by atoms with Crippen LogP contribution in [0, 0.1) is 0 Å². The molecule has 31 heavy (non-hydrogen) atoms. The van der Waals surface area contributed by atoms with E-state index in [9.17, 15) is 14.4 Å². The second kappa shape index (κ2) is 9.18. The SMILES string of the molecule is CCc1ccc(NC(=O)C2CC(=O)Nc3nc(SCc4ccccc4)[nH]c(=O)c32)cc1. The molecule has 1 aliphatic heterocycles. The average molecular weight is 435 g/mol. The number of hydrogen-bond donors (Lipinski definition) is 3. The fourth-order valence-electron chi connectivity index (χ4n) is 3.42. The van der Waals surface area contributed by atoms with Crippen molar-refractivity contribution in [1.82, 2.24) is 9.97 Å². The number of benzene rings is 2. The maximum atomic E-state index is 12.9. The summed E-state index contributed by atoms with van der Waals surface area (Å²) in [6, 6.07) is 17.3. The Hall–Kier alpha value is -3.39. The Balaban J connectivity index is 1.55. The molecular weight excluding hydrogens is 412 g/mol. The van der Waals surface area contributed by atoms with Crippen molar-refractivity contribution in [3.8, 4) is 0 Å². The van der Waals surface area contributed by atoms with Crippen LogP contribution >= 0.6 is 11.8 Å². The maximum absolute atomic E-state index is 12.9. The summed E-state index contributed by atoms with van der Waals surface area (Å²) >= 11 is 1.36. The van der Waals surface area contributed by atoms with Crippen LogP contribution in [0.15, 0.2) is 64.5 Å². The highest BCUT2D eigenvalue weighted by molar-refractivity contribution is 7.98. The molecule has 3 N–H and O–H groups in total. The summed E-state index contributed by atoms with van der Waals surface area (Å²) < 4.78 is 0. The van der Waals surface area contributed by atoms with E-state index in [0.29, 0.717) is 16.6 Å². The summed E-state index contributed by atoms with van der Waals surface area (Å²) in [7, 11) is 0. The number of nitrogens with one attached hydrogen (secondary N) is 3. The molecule has 1 aliphatic rings. The number of aromatic amines is 1. The van der Waals surface area contributed by atoms with Crippen LogP contribution in [0.1, 0.15) is 36.0 Å². The van der Waals surface area contributed by atoms with Crippen molar-refractivity contribution in [3.05, 3.63) is 81.6 Å². The molecule has 0 saturated heterocycles. The topological polar surface area (TPSA) is 104 Å². The molecule has 1 atom stereocenters. The number of carbonyl (C=O) groups excluding carboxylic acids is 2. The van der Waals surface area contributed by atoms with Crippen LogP contribution < -0.4 is 16.2 Å². The molecule has 0 fully saturated rings. The minimum absolute atomic E-state index is 0.104. The normalized spacial score (nSPS) is 15.1. The summed E-state index contributed by atoms with van der Waals surface area (Å²) in [5, 5.41) is 5.84. The number of H-pyrrole nitrogens is 1. The third-order valence-electron chi connectivity index (χ3n) is 5.09. The molecule has 2 amide bonds. The quantitative estimate of drug-likeness (QED) is 0.405. The first-order valence-electron chi connectivity index (χ1n) is 10.0. The summed E-state index contributed by atoms with van der Waals surface area (Å²) in [4.78, 5) is 45.1. The maximum Gasteiger partial charge on any atom is 0.257 e. The van der Waals surface area contributed by atoms with Gasteiger partial charge in [-0.2, -0.15) is 0 Å². The molecule has 158 valence electrons. The van der Waals surface area contributed by atoms with Crippen LogP contribution in [0.25, 0.3) is 0 Å². The van der Waals surface area contributed by atoms with Gasteiger partial charge in [-0.05, 0) is 29.7 Å². The average Bonchev–Trinajstić information content (AvgIpc) is 2.78. The highest BCUT2D eigenvalue weighted by atomic mass is 32.2. The van der Waals surface area contributed by atoms with Gasteiger partial charge in [0.1, 0.15) is 5.82 Å². The van der Waals surface area contributed by atoms with Gasteiger partial charge in [0.15, 0.2) is 5.16 Å². The molecule has 1 aromatic heterocycles. The number of aromatic nitrogens is 2. The number of aryl methyl sites for hydroxylation is 1. The molecule has 3 aromatic rings. The van der Waals surface area contributed by atoms with Crippen LogP contribution in [0.5, 0.6) is 0 Å². The van der Waals surface area contributed by atoms with Crippen molar-refractivity contribution in [2.24, 2.45) is 0 Å². The van der Waals surface area contributed by atoms with E-state index < -0.39 is 17.4 Å². The Bertz CT molecular complexity index is 1160. The van der Waals surface area contributed by atoms with Gasteiger partial charge in [0.05, 0.1) is 11.5 Å². The molecule has 0 radical (unpaired) electrons. The first-order valence-corrected chi connectivity index (χ1v) is 11.0. The molecule has 7 nitrogen and oxygen atoms in total. The molecule has 4 rings (SSSR count). The number of carbonyl (C=O) groups is 2. The largest absolute Gasteiger partial charge is 0.326 e. The Morgan fingerprint density at radius 3 is 2.55 bits per heavy atom. The van der Waals surface area contributed by atoms with E-state index in [-0.39, 0.29) is 23.7 Å². The van der Waals surface area contributed by atoms with E-state index in [1.807, 2.05) is 54.6 Å². The van der Waals surface area contributed by atoms with Crippen LogP contribution in [0.3, 0.4) is 0 Å². The highest BCUT2D eigenvalue weighted by Gasteiger charge is 2.34. The smallest absolute Gasteiger partial charge is 0.257 e. The highest BCUT2D eigenvalue weighted by Crippen LogP contribution is 2.31. The molecule has 0 spiro atoms. The van der Waals surface area contributed by atoms with Crippen molar-refractivity contribution in [2.45, 2.75) is 36.6 Å². The number of nitrogens with zero attached hydrogens (tertiary/aromatic N) is 1. The molecule has 1 unspecified atom stereocenters. The fraction of sp³-hybridized carbons (Fsp3) is 0.217. The van der Waals surface area contributed by atoms with Gasteiger partial charge in [0.25, 0.3) is 5.56 Å². The standard InChI is InChI=1S/C23H22N4O3S/c1-2-14-8-10-16(11-9-14)24-21(29)17-12-18(28)25-20-19(17)22(30)27-23(26-20)31-13-15-6-4-3-5-7-15/h3-11,17H,2,12-13H2,1H3,(H,24,29)(H2,25,26,27,28,30). The third kappa shape index (κ3) is 4.86. The van der Waals surface area contributed by atoms with E-state index >= 15 is 0 Å². The summed E-state index contributed by atoms with van der Waals surface area (Å²) in [5.74, 6) is -0.881.